The summed E-state index contributed by atoms with van der Waals surface area (Å²) in [5, 5.41) is 7.14. The predicted octanol–water partition coefficient (Wildman–Crippen LogP) is 1.47. The molecule has 0 aromatic carbocycles. The van der Waals surface area contributed by atoms with E-state index >= 15 is 0 Å². The van der Waals surface area contributed by atoms with Gasteiger partial charge >= 0.3 is 0 Å². The second-order valence-corrected chi connectivity index (χ2v) is 4.81. The largest absolute Gasteiger partial charge is 0.317 e. The minimum absolute atomic E-state index is 0.665. The zero-order chi connectivity index (χ0) is 9.52. The maximum Gasteiger partial charge on any atom is 0.0132 e. The van der Waals surface area contributed by atoms with Crippen molar-refractivity contribution in [1.29, 1.82) is 0 Å². The molecule has 1 rings (SSSR count). The van der Waals surface area contributed by atoms with Gasteiger partial charge in [0.15, 0.2) is 0 Å². The Labute approximate surface area is 86.2 Å². The SMILES string of the molecule is CSCC(C)NC1CCCNCC1. The molecule has 0 saturated carbocycles. The lowest BCUT2D eigenvalue weighted by molar-refractivity contribution is 0.432. The van der Waals surface area contributed by atoms with Crippen LogP contribution in [0.3, 0.4) is 0 Å². The summed E-state index contributed by atoms with van der Waals surface area (Å²) in [4.78, 5) is 0. The van der Waals surface area contributed by atoms with Crippen molar-refractivity contribution in [1.82, 2.24) is 10.6 Å². The molecule has 1 aliphatic heterocycles. The zero-order valence-electron chi connectivity index (χ0n) is 8.81. The molecule has 1 fully saturated rings. The Morgan fingerprint density at radius 3 is 3.08 bits per heavy atom. The molecule has 2 nitrogen and oxygen atoms in total. The van der Waals surface area contributed by atoms with Gasteiger partial charge in [0.1, 0.15) is 0 Å². The van der Waals surface area contributed by atoms with Crippen molar-refractivity contribution in [3.8, 4) is 0 Å². The molecule has 0 aliphatic carbocycles. The lowest BCUT2D eigenvalue weighted by Gasteiger charge is -2.21. The Morgan fingerprint density at radius 2 is 2.31 bits per heavy atom. The van der Waals surface area contributed by atoms with Gasteiger partial charge in [0.05, 0.1) is 0 Å². The second kappa shape index (κ2) is 6.68. The van der Waals surface area contributed by atoms with Gasteiger partial charge in [0.2, 0.25) is 0 Å². The van der Waals surface area contributed by atoms with Crippen LogP contribution in [0.4, 0.5) is 0 Å². The summed E-state index contributed by atoms with van der Waals surface area (Å²) >= 11 is 1.93. The van der Waals surface area contributed by atoms with Crippen molar-refractivity contribution >= 4 is 11.8 Å². The minimum atomic E-state index is 0.665. The first-order chi connectivity index (χ1) is 6.33. The highest BCUT2D eigenvalue weighted by atomic mass is 32.2. The van der Waals surface area contributed by atoms with Gasteiger partial charge in [0.25, 0.3) is 0 Å². The smallest absolute Gasteiger partial charge is 0.0132 e. The maximum absolute atomic E-state index is 3.70. The summed E-state index contributed by atoms with van der Waals surface area (Å²) in [5.41, 5.74) is 0. The molecule has 2 unspecified atom stereocenters. The Bertz CT molecular complexity index is 122. The van der Waals surface area contributed by atoms with E-state index in [4.69, 9.17) is 0 Å². The van der Waals surface area contributed by atoms with Crippen LogP contribution < -0.4 is 10.6 Å². The molecule has 2 N–H and O–H groups in total. The van der Waals surface area contributed by atoms with E-state index < -0.39 is 0 Å². The number of hydrogen-bond donors (Lipinski definition) is 2. The third-order valence-electron chi connectivity index (χ3n) is 2.51. The molecule has 0 spiro atoms. The van der Waals surface area contributed by atoms with Crippen molar-refractivity contribution in [2.24, 2.45) is 0 Å². The summed E-state index contributed by atoms with van der Waals surface area (Å²) in [5.74, 6) is 1.23. The van der Waals surface area contributed by atoms with Gasteiger partial charge in [0, 0.05) is 17.8 Å². The van der Waals surface area contributed by atoms with E-state index in [1.807, 2.05) is 11.8 Å². The molecule has 13 heavy (non-hydrogen) atoms. The maximum atomic E-state index is 3.70. The van der Waals surface area contributed by atoms with E-state index in [1.54, 1.807) is 0 Å². The number of nitrogens with one attached hydrogen (secondary N) is 2. The van der Waals surface area contributed by atoms with Crippen LogP contribution in [-0.4, -0.2) is 37.2 Å². The van der Waals surface area contributed by atoms with Gasteiger partial charge in [-0.05, 0) is 45.5 Å². The average Bonchev–Trinajstić information content (AvgIpc) is 2.33. The third-order valence-corrected chi connectivity index (χ3v) is 3.35. The van der Waals surface area contributed by atoms with Crippen LogP contribution in [-0.2, 0) is 0 Å². The highest BCUT2D eigenvalue weighted by Crippen LogP contribution is 2.07. The highest BCUT2D eigenvalue weighted by molar-refractivity contribution is 7.98. The van der Waals surface area contributed by atoms with Gasteiger partial charge < -0.3 is 10.6 Å². The Balaban J connectivity index is 2.17. The Hall–Kier alpha value is 0.270. The summed E-state index contributed by atoms with van der Waals surface area (Å²) in [6.07, 6.45) is 6.13. The fourth-order valence-electron chi connectivity index (χ4n) is 1.89. The van der Waals surface area contributed by atoms with Crippen LogP contribution in [0.1, 0.15) is 26.2 Å². The molecule has 3 heteroatoms. The summed E-state index contributed by atoms with van der Waals surface area (Å²) in [6, 6.07) is 1.41. The van der Waals surface area contributed by atoms with Crippen molar-refractivity contribution in [2.75, 3.05) is 25.1 Å². The van der Waals surface area contributed by atoms with E-state index in [-0.39, 0.29) is 0 Å². The molecule has 0 aromatic heterocycles. The Kier molecular flexibility index (Phi) is 5.83. The van der Waals surface area contributed by atoms with Crippen LogP contribution in [0.5, 0.6) is 0 Å². The number of hydrogen-bond acceptors (Lipinski definition) is 3. The highest BCUT2D eigenvalue weighted by Gasteiger charge is 2.13. The molecule has 1 aliphatic rings. The first-order valence-corrected chi connectivity index (χ1v) is 6.68. The van der Waals surface area contributed by atoms with Crippen LogP contribution >= 0.6 is 11.8 Å². The van der Waals surface area contributed by atoms with Crippen LogP contribution in [0, 0.1) is 0 Å². The fraction of sp³-hybridized carbons (Fsp3) is 1.00. The van der Waals surface area contributed by atoms with Gasteiger partial charge in [-0.15, -0.1) is 0 Å². The van der Waals surface area contributed by atoms with Crippen molar-refractivity contribution in [3.05, 3.63) is 0 Å². The molecule has 0 aromatic rings. The topological polar surface area (TPSA) is 24.1 Å². The van der Waals surface area contributed by atoms with Gasteiger partial charge in [-0.25, -0.2) is 0 Å². The first kappa shape index (κ1) is 11.3. The second-order valence-electron chi connectivity index (χ2n) is 3.90. The van der Waals surface area contributed by atoms with E-state index in [9.17, 15) is 0 Å². The molecule has 0 bridgehead atoms. The van der Waals surface area contributed by atoms with Crippen molar-refractivity contribution in [2.45, 2.75) is 38.3 Å². The first-order valence-electron chi connectivity index (χ1n) is 5.28. The van der Waals surface area contributed by atoms with E-state index in [0.717, 1.165) is 6.04 Å². The molecular formula is C10H22N2S. The normalized spacial score (nSPS) is 26.8. The minimum Gasteiger partial charge on any atom is -0.317 e. The van der Waals surface area contributed by atoms with E-state index in [2.05, 4.69) is 23.8 Å². The zero-order valence-corrected chi connectivity index (χ0v) is 9.62. The average molecular weight is 202 g/mol. The molecule has 1 saturated heterocycles. The summed E-state index contributed by atoms with van der Waals surface area (Å²) < 4.78 is 0. The third kappa shape index (κ3) is 4.89. The quantitative estimate of drug-likeness (QED) is 0.722. The molecule has 1 heterocycles. The lowest BCUT2D eigenvalue weighted by Crippen LogP contribution is -2.38. The van der Waals surface area contributed by atoms with Crippen molar-refractivity contribution < 1.29 is 0 Å². The predicted molar refractivity (Wildman–Crippen MR) is 61.5 cm³/mol. The molecule has 78 valence electrons. The summed E-state index contributed by atoms with van der Waals surface area (Å²) in [7, 11) is 0. The standard InChI is InChI=1S/C10H22N2S/c1-9(8-13-2)12-10-4-3-6-11-7-5-10/h9-12H,3-8H2,1-2H3. The van der Waals surface area contributed by atoms with E-state index in [0.29, 0.717) is 6.04 Å². The monoisotopic (exact) mass is 202 g/mol. The Morgan fingerprint density at radius 1 is 1.46 bits per heavy atom. The molecule has 0 radical (unpaired) electrons. The van der Waals surface area contributed by atoms with E-state index in [1.165, 1.54) is 38.1 Å². The number of rotatable bonds is 4. The van der Waals surface area contributed by atoms with Gasteiger partial charge in [-0.2, -0.15) is 11.8 Å². The fourth-order valence-corrected chi connectivity index (χ4v) is 2.48. The summed E-state index contributed by atoms with van der Waals surface area (Å²) in [6.45, 7) is 4.67. The van der Waals surface area contributed by atoms with Crippen LogP contribution in [0.2, 0.25) is 0 Å². The van der Waals surface area contributed by atoms with Crippen molar-refractivity contribution in [3.63, 3.8) is 0 Å². The molecule has 0 amide bonds. The van der Waals surface area contributed by atoms with Gasteiger partial charge in [-0.1, -0.05) is 0 Å². The van der Waals surface area contributed by atoms with Crippen LogP contribution in [0.15, 0.2) is 0 Å². The molecular weight excluding hydrogens is 180 g/mol. The number of thioether (sulfide) groups is 1. The molecule has 2 atom stereocenters. The van der Waals surface area contributed by atoms with Gasteiger partial charge in [-0.3, -0.25) is 0 Å². The van der Waals surface area contributed by atoms with Crippen LogP contribution in [0.25, 0.3) is 0 Å². The lowest BCUT2D eigenvalue weighted by atomic mass is 10.1.